The maximum absolute atomic E-state index is 6.27. The number of fused-ring (bicyclic) bond motifs is 1. The molecule has 2 aromatic carbocycles. The highest BCUT2D eigenvalue weighted by atomic mass is 79.9. The van der Waals surface area contributed by atoms with Crippen molar-refractivity contribution >= 4 is 50.0 Å². The molecule has 0 N–H and O–H groups in total. The second kappa shape index (κ2) is 5.32. The third-order valence-electron chi connectivity index (χ3n) is 2.98. The molecule has 0 aliphatic rings. The lowest BCUT2D eigenvalue weighted by molar-refractivity contribution is 1.22. The summed E-state index contributed by atoms with van der Waals surface area (Å²) in [7, 11) is 0. The summed E-state index contributed by atoms with van der Waals surface area (Å²) in [6, 6.07) is 11.5. The van der Waals surface area contributed by atoms with Crippen LogP contribution in [0, 0.1) is 6.92 Å². The Morgan fingerprint density at radius 1 is 1.00 bits per heavy atom. The Morgan fingerprint density at radius 3 is 2.55 bits per heavy atom. The number of rotatable bonds is 1. The van der Waals surface area contributed by atoms with Crippen molar-refractivity contribution in [3.8, 4) is 11.4 Å². The largest absolute Gasteiger partial charge is 0.228 e. The Kier molecular flexibility index (Phi) is 3.67. The SMILES string of the molecule is Cc1ccc(-c2nc(Cl)c3ccc(Br)cc3n2)c(Cl)c1. The molecule has 0 amide bonds. The standard InChI is InChI=1S/C15H9BrCl2N2/c1-8-2-4-10(12(17)6-8)15-19-13-7-9(16)3-5-11(13)14(18)20-15/h2-7H,1H3. The summed E-state index contributed by atoms with van der Waals surface area (Å²) >= 11 is 15.9. The molecule has 3 rings (SSSR count). The first kappa shape index (κ1) is 13.8. The van der Waals surface area contributed by atoms with Gasteiger partial charge in [0.1, 0.15) is 5.15 Å². The second-order valence-electron chi connectivity index (χ2n) is 4.48. The van der Waals surface area contributed by atoms with Crippen LogP contribution in [0.2, 0.25) is 10.2 Å². The minimum atomic E-state index is 0.425. The van der Waals surface area contributed by atoms with Crippen molar-refractivity contribution in [2.24, 2.45) is 0 Å². The quantitative estimate of drug-likeness (QED) is 0.517. The van der Waals surface area contributed by atoms with E-state index in [0.717, 1.165) is 26.5 Å². The predicted octanol–water partition coefficient (Wildman–Crippen LogP) is 5.67. The Bertz CT molecular complexity index is 818. The lowest BCUT2D eigenvalue weighted by Gasteiger charge is -2.07. The Balaban J connectivity index is 2.26. The third kappa shape index (κ3) is 2.53. The number of hydrogen-bond acceptors (Lipinski definition) is 2. The van der Waals surface area contributed by atoms with Gasteiger partial charge in [-0.15, -0.1) is 0 Å². The van der Waals surface area contributed by atoms with Crippen LogP contribution in [0.25, 0.3) is 22.3 Å². The van der Waals surface area contributed by atoms with Crippen molar-refractivity contribution in [3.05, 3.63) is 56.6 Å². The molecule has 1 aromatic heterocycles. The van der Waals surface area contributed by atoms with E-state index in [-0.39, 0.29) is 0 Å². The zero-order chi connectivity index (χ0) is 14.3. The third-order valence-corrected chi connectivity index (χ3v) is 4.07. The fourth-order valence-electron chi connectivity index (χ4n) is 1.99. The van der Waals surface area contributed by atoms with Crippen LogP contribution < -0.4 is 0 Å². The Labute approximate surface area is 134 Å². The van der Waals surface area contributed by atoms with E-state index in [1.807, 2.05) is 43.3 Å². The fourth-order valence-corrected chi connectivity index (χ4v) is 2.89. The monoisotopic (exact) mass is 366 g/mol. The zero-order valence-corrected chi connectivity index (χ0v) is 13.6. The smallest absolute Gasteiger partial charge is 0.162 e. The minimum absolute atomic E-state index is 0.425. The highest BCUT2D eigenvalue weighted by Gasteiger charge is 2.11. The van der Waals surface area contributed by atoms with Gasteiger partial charge in [-0.2, -0.15) is 0 Å². The van der Waals surface area contributed by atoms with E-state index in [0.29, 0.717) is 16.0 Å². The maximum atomic E-state index is 6.27. The Hall–Kier alpha value is -1.16. The number of nitrogens with zero attached hydrogens (tertiary/aromatic N) is 2. The number of benzene rings is 2. The van der Waals surface area contributed by atoms with E-state index in [1.54, 1.807) is 0 Å². The molecule has 0 aliphatic carbocycles. The molecular weight excluding hydrogens is 359 g/mol. The first-order chi connectivity index (χ1) is 9.54. The molecule has 0 aliphatic heterocycles. The lowest BCUT2D eigenvalue weighted by atomic mass is 10.1. The van der Waals surface area contributed by atoms with Crippen LogP contribution in [0.15, 0.2) is 40.9 Å². The van der Waals surface area contributed by atoms with Crippen LogP contribution in [0.5, 0.6) is 0 Å². The van der Waals surface area contributed by atoms with Gasteiger partial charge in [-0.25, -0.2) is 9.97 Å². The number of aromatic nitrogens is 2. The average Bonchev–Trinajstić information content (AvgIpc) is 2.37. The molecule has 0 radical (unpaired) electrons. The average molecular weight is 368 g/mol. The summed E-state index contributed by atoms with van der Waals surface area (Å²) in [6.45, 7) is 1.99. The zero-order valence-electron chi connectivity index (χ0n) is 10.5. The fraction of sp³-hybridized carbons (Fsp3) is 0.0667. The molecule has 20 heavy (non-hydrogen) atoms. The first-order valence-electron chi connectivity index (χ1n) is 5.94. The molecule has 2 nitrogen and oxygen atoms in total. The molecule has 3 aromatic rings. The van der Waals surface area contributed by atoms with E-state index in [1.165, 1.54) is 0 Å². The topological polar surface area (TPSA) is 25.8 Å². The van der Waals surface area contributed by atoms with Gasteiger partial charge in [0, 0.05) is 15.4 Å². The molecule has 0 bridgehead atoms. The summed E-state index contributed by atoms with van der Waals surface area (Å²) in [5, 5.41) is 1.87. The summed E-state index contributed by atoms with van der Waals surface area (Å²) < 4.78 is 0.945. The van der Waals surface area contributed by atoms with Crippen molar-refractivity contribution in [1.82, 2.24) is 9.97 Å². The summed E-state index contributed by atoms with van der Waals surface area (Å²) in [5.41, 5.74) is 2.65. The van der Waals surface area contributed by atoms with Gasteiger partial charge >= 0.3 is 0 Å². The molecule has 0 saturated carbocycles. The van der Waals surface area contributed by atoms with Crippen molar-refractivity contribution < 1.29 is 0 Å². The number of hydrogen-bond donors (Lipinski definition) is 0. The van der Waals surface area contributed by atoms with Crippen molar-refractivity contribution in [2.75, 3.05) is 0 Å². The van der Waals surface area contributed by atoms with Gasteiger partial charge in [-0.3, -0.25) is 0 Å². The van der Waals surface area contributed by atoms with E-state index in [4.69, 9.17) is 23.2 Å². The van der Waals surface area contributed by atoms with Gasteiger partial charge in [-0.1, -0.05) is 45.2 Å². The Morgan fingerprint density at radius 2 is 1.80 bits per heavy atom. The van der Waals surface area contributed by atoms with Gasteiger partial charge in [-0.05, 0) is 42.8 Å². The van der Waals surface area contributed by atoms with E-state index >= 15 is 0 Å². The van der Waals surface area contributed by atoms with Gasteiger partial charge in [0.2, 0.25) is 0 Å². The number of aryl methyl sites for hydroxylation is 1. The van der Waals surface area contributed by atoms with Crippen molar-refractivity contribution in [2.45, 2.75) is 6.92 Å². The van der Waals surface area contributed by atoms with Gasteiger partial charge < -0.3 is 0 Å². The second-order valence-corrected chi connectivity index (χ2v) is 6.16. The van der Waals surface area contributed by atoms with Crippen LogP contribution >= 0.6 is 39.1 Å². The molecule has 5 heteroatoms. The molecule has 0 saturated heterocycles. The molecule has 0 atom stereocenters. The van der Waals surface area contributed by atoms with Gasteiger partial charge in [0.25, 0.3) is 0 Å². The van der Waals surface area contributed by atoms with E-state index in [9.17, 15) is 0 Å². The van der Waals surface area contributed by atoms with Crippen LogP contribution in [0.1, 0.15) is 5.56 Å². The van der Waals surface area contributed by atoms with E-state index < -0.39 is 0 Å². The summed E-state index contributed by atoms with van der Waals surface area (Å²) in [6.07, 6.45) is 0. The van der Waals surface area contributed by atoms with Crippen LogP contribution in [0.3, 0.4) is 0 Å². The molecule has 0 spiro atoms. The molecule has 100 valence electrons. The summed E-state index contributed by atoms with van der Waals surface area (Å²) in [5.74, 6) is 0.533. The number of halogens is 3. The van der Waals surface area contributed by atoms with Gasteiger partial charge in [0.05, 0.1) is 10.5 Å². The highest BCUT2D eigenvalue weighted by molar-refractivity contribution is 9.10. The molecule has 0 unspecified atom stereocenters. The highest BCUT2D eigenvalue weighted by Crippen LogP contribution is 2.30. The molecule has 0 fully saturated rings. The molecular formula is C15H9BrCl2N2. The predicted molar refractivity (Wildman–Crippen MR) is 87.4 cm³/mol. The van der Waals surface area contributed by atoms with Crippen molar-refractivity contribution in [3.63, 3.8) is 0 Å². The minimum Gasteiger partial charge on any atom is -0.228 e. The molecule has 1 heterocycles. The maximum Gasteiger partial charge on any atom is 0.162 e. The van der Waals surface area contributed by atoms with Crippen LogP contribution in [0.4, 0.5) is 0 Å². The van der Waals surface area contributed by atoms with Crippen LogP contribution in [-0.4, -0.2) is 9.97 Å². The lowest BCUT2D eigenvalue weighted by Crippen LogP contribution is -1.93. The van der Waals surface area contributed by atoms with Crippen LogP contribution in [-0.2, 0) is 0 Å². The normalized spacial score (nSPS) is 11.0. The van der Waals surface area contributed by atoms with Gasteiger partial charge in [0.15, 0.2) is 5.82 Å². The summed E-state index contributed by atoms with van der Waals surface area (Å²) in [4.78, 5) is 8.89. The first-order valence-corrected chi connectivity index (χ1v) is 7.49. The van der Waals surface area contributed by atoms with E-state index in [2.05, 4.69) is 25.9 Å². The van der Waals surface area contributed by atoms with Crippen molar-refractivity contribution in [1.29, 1.82) is 0 Å².